The van der Waals surface area contributed by atoms with Crippen LogP contribution in [-0.4, -0.2) is 86.9 Å². The van der Waals surface area contributed by atoms with E-state index in [9.17, 15) is 9.59 Å². The van der Waals surface area contributed by atoms with Crippen molar-refractivity contribution in [3.05, 3.63) is 10.4 Å². The number of carboxylic acid groups (broad SMARTS) is 1. The Morgan fingerprint density at radius 3 is 2.10 bits per heavy atom. The molecule has 1 N–H and O–H groups in total. The van der Waals surface area contributed by atoms with E-state index in [0.29, 0.717) is 72.1 Å². The molecule has 174 valence electrons. The van der Waals surface area contributed by atoms with Crippen LogP contribution in [0.5, 0.6) is 0 Å². The standard InChI is InChI=1S/C19H36N4O7/c1-19(2,3)30-18(26)23(9-6-4-5-7-17(24)25)10-12-28-14-16-29-15-13-27-11-8-21-22-20/h4-16H2,1-3H3,(H,24,25). The Morgan fingerprint density at radius 1 is 0.933 bits per heavy atom. The number of hydrogen-bond acceptors (Lipinski definition) is 7. The van der Waals surface area contributed by atoms with Gasteiger partial charge in [0.2, 0.25) is 0 Å². The molecule has 0 rings (SSSR count). The molecule has 0 saturated carbocycles. The molecule has 0 aromatic rings. The second-order valence-corrected chi connectivity index (χ2v) is 7.46. The minimum atomic E-state index is -0.811. The van der Waals surface area contributed by atoms with E-state index < -0.39 is 17.7 Å². The molecule has 0 atom stereocenters. The molecule has 0 aliphatic rings. The number of nitrogens with zero attached hydrogens (tertiary/aromatic N) is 4. The van der Waals surface area contributed by atoms with E-state index in [1.165, 1.54) is 0 Å². The van der Waals surface area contributed by atoms with Crippen molar-refractivity contribution in [2.75, 3.05) is 59.3 Å². The Morgan fingerprint density at radius 2 is 1.53 bits per heavy atom. The zero-order valence-corrected chi connectivity index (χ0v) is 18.4. The minimum absolute atomic E-state index is 0.133. The summed E-state index contributed by atoms with van der Waals surface area (Å²) >= 11 is 0. The van der Waals surface area contributed by atoms with Gasteiger partial charge in [0, 0.05) is 31.0 Å². The third-order valence-corrected chi connectivity index (χ3v) is 3.62. The number of unbranched alkanes of at least 4 members (excludes halogenated alkanes) is 2. The topological polar surface area (TPSA) is 143 Å². The molecular formula is C19H36N4O7. The molecule has 0 radical (unpaired) electrons. The highest BCUT2D eigenvalue weighted by molar-refractivity contribution is 5.68. The van der Waals surface area contributed by atoms with Crippen molar-refractivity contribution in [2.45, 2.75) is 52.1 Å². The summed E-state index contributed by atoms with van der Waals surface area (Å²) in [7, 11) is 0. The third-order valence-electron chi connectivity index (χ3n) is 3.62. The first kappa shape index (κ1) is 27.9. The smallest absolute Gasteiger partial charge is 0.410 e. The number of hydrogen-bond donors (Lipinski definition) is 1. The summed E-state index contributed by atoms with van der Waals surface area (Å²) in [6.07, 6.45) is 1.74. The summed E-state index contributed by atoms with van der Waals surface area (Å²) in [4.78, 5) is 27.1. The number of amides is 1. The molecule has 30 heavy (non-hydrogen) atoms. The van der Waals surface area contributed by atoms with E-state index in [4.69, 9.17) is 29.6 Å². The lowest BCUT2D eigenvalue weighted by atomic mass is 10.2. The first-order valence-corrected chi connectivity index (χ1v) is 10.2. The maximum Gasteiger partial charge on any atom is 0.410 e. The first-order valence-electron chi connectivity index (χ1n) is 10.2. The zero-order valence-electron chi connectivity index (χ0n) is 18.4. The van der Waals surface area contributed by atoms with E-state index in [2.05, 4.69) is 10.0 Å². The first-order chi connectivity index (χ1) is 14.3. The van der Waals surface area contributed by atoms with Crippen LogP contribution in [0.3, 0.4) is 0 Å². The summed E-state index contributed by atoms with van der Waals surface area (Å²) in [5.74, 6) is -0.811. The molecule has 0 bridgehead atoms. The number of rotatable bonds is 18. The highest BCUT2D eigenvalue weighted by Crippen LogP contribution is 2.11. The fraction of sp³-hybridized carbons (Fsp3) is 0.895. The van der Waals surface area contributed by atoms with Gasteiger partial charge >= 0.3 is 12.1 Å². The molecule has 11 heteroatoms. The van der Waals surface area contributed by atoms with Crippen molar-refractivity contribution in [1.82, 2.24) is 4.90 Å². The summed E-state index contributed by atoms with van der Waals surface area (Å²) in [6.45, 7) is 8.93. The number of carbonyl (C=O) groups is 2. The van der Waals surface area contributed by atoms with Crippen molar-refractivity contribution in [1.29, 1.82) is 0 Å². The van der Waals surface area contributed by atoms with Crippen molar-refractivity contribution in [3.63, 3.8) is 0 Å². The Bertz CT molecular complexity index is 520. The maximum absolute atomic E-state index is 12.4. The highest BCUT2D eigenvalue weighted by atomic mass is 16.6. The Balaban J connectivity index is 3.97. The van der Waals surface area contributed by atoms with Crippen molar-refractivity contribution < 1.29 is 33.6 Å². The SMILES string of the molecule is CC(C)(C)OC(=O)N(CCCCCC(=O)O)CCOCCOCCOCCN=[N+]=[N-]. The fourth-order valence-corrected chi connectivity index (χ4v) is 2.24. The second-order valence-electron chi connectivity index (χ2n) is 7.46. The van der Waals surface area contributed by atoms with Gasteiger partial charge in [0.1, 0.15) is 5.60 Å². The van der Waals surface area contributed by atoms with Gasteiger partial charge in [0.15, 0.2) is 0 Å². The van der Waals surface area contributed by atoms with Gasteiger partial charge < -0.3 is 29.0 Å². The van der Waals surface area contributed by atoms with Gasteiger partial charge in [-0.1, -0.05) is 11.5 Å². The number of ether oxygens (including phenoxy) is 4. The molecule has 0 aromatic heterocycles. The van der Waals surface area contributed by atoms with E-state index in [1.807, 2.05) is 20.8 Å². The Kier molecular flexibility index (Phi) is 16.5. The largest absolute Gasteiger partial charge is 0.481 e. The van der Waals surface area contributed by atoms with Crippen molar-refractivity contribution >= 4 is 12.1 Å². The normalized spacial score (nSPS) is 11.0. The van der Waals surface area contributed by atoms with Gasteiger partial charge in [0.25, 0.3) is 0 Å². The predicted octanol–water partition coefficient (Wildman–Crippen LogP) is 3.23. The lowest BCUT2D eigenvalue weighted by Gasteiger charge is -2.27. The Hall–Kier alpha value is -2.07. The van der Waals surface area contributed by atoms with E-state index in [1.54, 1.807) is 4.90 Å². The molecule has 0 unspecified atom stereocenters. The average Bonchev–Trinajstić information content (AvgIpc) is 2.65. The number of carbonyl (C=O) groups excluding carboxylic acids is 1. The number of azide groups is 1. The van der Waals surface area contributed by atoms with Crippen LogP contribution in [0.25, 0.3) is 10.4 Å². The molecule has 0 aliphatic carbocycles. The molecule has 0 aliphatic heterocycles. The van der Waals surface area contributed by atoms with E-state index in [0.717, 1.165) is 6.42 Å². The molecule has 1 amide bonds. The molecule has 0 saturated heterocycles. The summed E-state index contributed by atoms with van der Waals surface area (Å²) < 4.78 is 21.5. The van der Waals surface area contributed by atoms with Crippen LogP contribution in [0.4, 0.5) is 4.79 Å². The van der Waals surface area contributed by atoms with Gasteiger partial charge in [-0.05, 0) is 39.1 Å². The van der Waals surface area contributed by atoms with Crippen LogP contribution in [0.15, 0.2) is 5.11 Å². The highest BCUT2D eigenvalue weighted by Gasteiger charge is 2.21. The summed E-state index contributed by atoms with van der Waals surface area (Å²) in [6, 6.07) is 0. The monoisotopic (exact) mass is 432 g/mol. The second kappa shape index (κ2) is 17.8. The van der Waals surface area contributed by atoms with E-state index >= 15 is 0 Å². The molecule has 0 aromatic carbocycles. The lowest BCUT2D eigenvalue weighted by Crippen LogP contribution is -2.39. The molecule has 11 nitrogen and oxygen atoms in total. The van der Waals surface area contributed by atoms with Crippen molar-refractivity contribution in [3.8, 4) is 0 Å². The molecule has 0 fully saturated rings. The third kappa shape index (κ3) is 19.3. The molecule has 0 heterocycles. The van der Waals surface area contributed by atoms with Crippen molar-refractivity contribution in [2.24, 2.45) is 5.11 Å². The minimum Gasteiger partial charge on any atom is -0.481 e. The predicted molar refractivity (Wildman–Crippen MR) is 110 cm³/mol. The van der Waals surface area contributed by atoms with Crippen LogP contribution in [0.1, 0.15) is 46.5 Å². The average molecular weight is 433 g/mol. The number of carboxylic acids is 1. The van der Waals surface area contributed by atoms with Gasteiger partial charge in [0.05, 0.1) is 39.6 Å². The van der Waals surface area contributed by atoms with Crippen LogP contribution < -0.4 is 0 Å². The quantitative estimate of drug-likeness (QED) is 0.151. The fourth-order valence-electron chi connectivity index (χ4n) is 2.24. The van der Waals surface area contributed by atoms with Crippen LogP contribution in [0.2, 0.25) is 0 Å². The summed E-state index contributed by atoms with van der Waals surface area (Å²) in [5, 5.41) is 12.0. The van der Waals surface area contributed by atoms with E-state index in [-0.39, 0.29) is 6.42 Å². The van der Waals surface area contributed by atoms with Gasteiger partial charge in [-0.3, -0.25) is 4.79 Å². The van der Waals surface area contributed by atoms with Gasteiger partial charge in [-0.2, -0.15) is 0 Å². The van der Waals surface area contributed by atoms with Crippen LogP contribution in [-0.2, 0) is 23.7 Å². The summed E-state index contributed by atoms with van der Waals surface area (Å²) in [5.41, 5.74) is 7.54. The molecular weight excluding hydrogens is 396 g/mol. The zero-order chi connectivity index (χ0) is 22.7. The maximum atomic E-state index is 12.4. The van der Waals surface area contributed by atoms with Gasteiger partial charge in [-0.25, -0.2) is 4.79 Å². The van der Waals surface area contributed by atoms with Gasteiger partial charge in [-0.15, -0.1) is 0 Å². The Labute approximate surface area is 178 Å². The van der Waals surface area contributed by atoms with Crippen LogP contribution in [0, 0.1) is 0 Å². The number of aliphatic carboxylic acids is 1. The van der Waals surface area contributed by atoms with Crippen LogP contribution >= 0.6 is 0 Å². The molecule has 0 spiro atoms. The lowest BCUT2D eigenvalue weighted by molar-refractivity contribution is -0.137.